The van der Waals surface area contributed by atoms with Crippen molar-refractivity contribution in [2.75, 3.05) is 37.3 Å². The molecule has 7 nitrogen and oxygen atoms in total. The molecule has 36 heavy (non-hydrogen) atoms. The van der Waals surface area contributed by atoms with Crippen molar-refractivity contribution in [3.8, 4) is 11.1 Å². The van der Waals surface area contributed by atoms with Gasteiger partial charge in [0, 0.05) is 35.5 Å². The number of aryl methyl sites for hydroxylation is 1. The third-order valence-corrected chi connectivity index (χ3v) is 8.28. The largest absolute Gasteiger partial charge is 0.446 e. The van der Waals surface area contributed by atoms with E-state index in [2.05, 4.69) is 32.5 Å². The highest BCUT2D eigenvalue weighted by molar-refractivity contribution is 5.92. The van der Waals surface area contributed by atoms with Gasteiger partial charge in [-0.05, 0) is 100 Å². The molecule has 2 aromatic heterocycles. The van der Waals surface area contributed by atoms with E-state index in [4.69, 9.17) is 4.74 Å². The van der Waals surface area contributed by atoms with E-state index in [-0.39, 0.29) is 11.9 Å². The van der Waals surface area contributed by atoms with Crippen LogP contribution in [0.3, 0.4) is 0 Å². The fourth-order valence-corrected chi connectivity index (χ4v) is 6.04. The number of benzene rings is 1. The predicted octanol–water partition coefficient (Wildman–Crippen LogP) is 5.53. The highest BCUT2D eigenvalue weighted by Crippen LogP contribution is 2.50. The SMILES string of the molecule is Cc1c(-c2cc3cc(NC(=O)OC4CC5(CCN(C)CC5)C4)ncc3cc2F)cnc2c1NCCC2. The summed E-state index contributed by atoms with van der Waals surface area (Å²) in [6.07, 6.45) is 9.01. The fourth-order valence-electron chi connectivity index (χ4n) is 6.04. The molecule has 1 saturated carbocycles. The molecule has 1 saturated heterocycles. The van der Waals surface area contributed by atoms with Gasteiger partial charge in [0.1, 0.15) is 17.7 Å². The van der Waals surface area contributed by atoms with Crippen molar-refractivity contribution in [2.24, 2.45) is 5.41 Å². The molecule has 0 unspecified atom stereocenters. The summed E-state index contributed by atoms with van der Waals surface area (Å²) in [4.78, 5) is 23.8. The number of nitrogens with zero attached hydrogens (tertiary/aromatic N) is 3. The number of halogens is 1. The lowest BCUT2D eigenvalue weighted by atomic mass is 9.61. The molecule has 8 heteroatoms. The van der Waals surface area contributed by atoms with Gasteiger partial charge < -0.3 is 15.0 Å². The Hall–Kier alpha value is -3.26. The molecule has 2 N–H and O–H groups in total. The minimum absolute atomic E-state index is 0.0392. The van der Waals surface area contributed by atoms with Crippen molar-refractivity contribution >= 4 is 28.4 Å². The van der Waals surface area contributed by atoms with Crippen LogP contribution in [0.5, 0.6) is 0 Å². The number of pyridine rings is 2. The lowest BCUT2D eigenvalue weighted by Gasteiger charge is -2.50. The summed E-state index contributed by atoms with van der Waals surface area (Å²) >= 11 is 0. The maximum atomic E-state index is 15.1. The van der Waals surface area contributed by atoms with E-state index in [0.717, 1.165) is 73.2 Å². The molecule has 4 heterocycles. The number of aromatic nitrogens is 2. The summed E-state index contributed by atoms with van der Waals surface area (Å²) in [6.45, 7) is 5.12. The molecule has 188 valence electrons. The molecule has 2 fully saturated rings. The fraction of sp³-hybridized carbons (Fsp3) is 0.464. The van der Waals surface area contributed by atoms with Crippen LogP contribution in [0, 0.1) is 18.2 Å². The number of likely N-dealkylation sites (tertiary alicyclic amines) is 1. The van der Waals surface area contributed by atoms with Crippen LogP contribution < -0.4 is 10.6 Å². The maximum absolute atomic E-state index is 15.1. The van der Waals surface area contributed by atoms with Crippen LogP contribution >= 0.6 is 0 Å². The van der Waals surface area contributed by atoms with Crippen LogP contribution in [-0.4, -0.2) is 53.7 Å². The minimum atomic E-state index is -0.488. The molecule has 0 atom stereocenters. The lowest BCUT2D eigenvalue weighted by molar-refractivity contribution is -0.0676. The van der Waals surface area contributed by atoms with Crippen LogP contribution in [0.1, 0.15) is 43.4 Å². The zero-order valence-corrected chi connectivity index (χ0v) is 20.9. The smallest absolute Gasteiger partial charge is 0.413 e. The van der Waals surface area contributed by atoms with E-state index in [1.165, 1.54) is 18.9 Å². The van der Waals surface area contributed by atoms with Gasteiger partial charge in [-0.25, -0.2) is 14.2 Å². The first-order valence-electron chi connectivity index (χ1n) is 12.9. The van der Waals surface area contributed by atoms with Crippen LogP contribution in [0.25, 0.3) is 21.9 Å². The molecule has 1 aliphatic carbocycles. The highest BCUT2D eigenvalue weighted by Gasteiger charge is 2.47. The summed E-state index contributed by atoms with van der Waals surface area (Å²) < 4.78 is 20.8. The van der Waals surface area contributed by atoms with Crippen LogP contribution in [0.2, 0.25) is 0 Å². The summed E-state index contributed by atoms with van der Waals surface area (Å²) in [5, 5.41) is 7.63. The van der Waals surface area contributed by atoms with Gasteiger partial charge in [-0.15, -0.1) is 0 Å². The monoisotopic (exact) mass is 489 g/mol. The first kappa shape index (κ1) is 23.2. The maximum Gasteiger partial charge on any atom is 0.413 e. The van der Waals surface area contributed by atoms with Gasteiger partial charge in [-0.2, -0.15) is 0 Å². The Morgan fingerprint density at radius 1 is 1.14 bits per heavy atom. The molecule has 1 amide bonds. The van der Waals surface area contributed by atoms with Crippen molar-refractivity contribution in [1.82, 2.24) is 14.9 Å². The summed E-state index contributed by atoms with van der Waals surface area (Å²) in [5.74, 6) is 0.0678. The lowest BCUT2D eigenvalue weighted by Crippen LogP contribution is -2.49. The number of carbonyl (C=O) groups is 1. The average Bonchev–Trinajstić information content (AvgIpc) is 2.85. The Labute approximate surface area is 210 Å². The number of ether oxygens (including phenoxy) is 1. The van der Waals surface area contributed by atoms with Crippen molar-refractivity contribution in [3.63, 3.8) is 0 Å². The second-order valence-electron chi connectivity index (χ2n) is 10.8. The van der Waals surface area contributed by atoms with Crippen molar-refractivity contribution in [1.29, 1.82) is 0 Å². The van der Waals surface area contributed by atoms with E-state index in [9.17, 15) is 4.79 Å². The highest BCUT2D eigenvalue weighted by atomic mass is 19.1. The van der Waals surface area contributed by atoms with Gasteiger partial charge in [-0.1, -0.05) is 0 Å². The first-order chi connectivity index (χ1) is 17.4. The van der Waals surface area contributed by atoms with Gasteiger partial charge in [0.2, 0.25) is 0 Å². The molecule has 1 spiro atoms. The number of nitrogens with one attached hydrogen (secondary N) is 2. The molecule has 6 rings (SSSR count). The Bertz CT molecular complexity index is 1330. The number of fused-ring (bicyclic) bond motifs is 2. The quantitative estimate of drug-likeness (QED) is 0.504. The molecule has 2 aliphatic heterocycles. The molecule has 0 bridgehead atoms. The first-order valence-corrected chi connectivity index (χ1v) is 12.9. The van der Waals surface area contributed by atoms with Gasteiger partial charge in [0.25, 0.3) is 0 Å². The molecule has 0 radical (unpaired) electrons. The van der Waals surface area contributed by atoms with E-state index >= 15 is 4.39 Å². The summed E-state index contributed by atoms with van der Waals surface area (Å²) in [5.41, 5.74) is 4.64. The zero-order chi connectivity index (χ0) is 24.9. The predicted molar refractivity (Wildman–Crippen MR) is 139 cm³/mol. The van der Waals surface area contributed by atoms with Gasteiger partial charge in [0.05, 0.1) is 11.4 Å². The summed E-state index contributed by atoms with van der Waals surface area (Å²) in [7, 11) is 2.16. The number of anilines is 2. The van der Waals surface area contributed by atoms with E-state index in [1.54, 1.807) is 24.5 Å². The Balaban J connectivity index is 1.18. The Kier molecular flexibility index (Phi) is 5.79. The van der Waals surface area contributed by atoms with Gasteiger partial charge in [0.15, 0.2) is 0 Å². The van der Waals surface area contributed by atoms with Crippen molar-refractivity contribution in [3.05, 3.63) is 47.7 Å². The molecule has 1 aromatic carbocycles. The number of carbonyl (C=O) groups excluding carboxylic acids is 1. The van der Waals surface area contributed by atoms with Gasteiger partial charge in [-0.3, -0.25) is 10.3 Å². The van der Waals surface area contributed by atoms with E-state index in [0.29, 0.717) is 22.2 Å². The number of hydrogen-bond acceptors (Lipinski definition) is 6. The third-order valence-electron chi connectivity index (χ3n) is 8.28. The average molecular weight is 490 g/mol. The van der Waals surface area contributed by atoms with E-state index < -0.39 is 6.09 Å². The summed E-state index contributed by atoms with van der Waals surface area (Å²) in [6, 6.07) is 5.05. The number of rotatable bonds is 3. The second-order valence-corrected chi connectivity index (χ2v) is 10.8. The molecular formula is C28H32FN5O2. The normalized spacial score (nSPS) is 19.4. The Morgan fingerprint density at radius 3 is 2.75 bits per heavy atom. The topological polar surface area (TPSA) is 79.4 Å². The van der Waals surface area contributed by atoms with Crippen LogP contribution in [0.4, 0.5) is 20.7 Å². The van der Waals surface area contributed by atoms with Crippen LogP contribution in [-0.2, 0) is 11.2 Å². The molecule has 3 aromatic rings. The molecule has 3 aliphatic rings. The number of hydrogen-bond donors (Lipinski definition) is 2. The zero-order valence-electron chi connectivity index (χ0n) is 20.9. The standard InChI is InChI=1S/C28H32FN5O2/c1-17-22(16-31-24-4-3-7-30-26(17)24)21-10-18-12-25(32-15-19(18)11-23(21)29)33-27(35)36-20-13-28(14-20)5-8-34(2)9-6-28/h10-12,15-16,20,30H,3-9,13-14H2,1-2H3,(H,32,33,35). The second kappa shape index (κ2) is 9.00. The third kappa shape index (κ3) is 4.28. The Morgan fingerprint density at radius 2 is 1.94 bits per heavy atom. The number of piperidine rings is 1. The van der Waals surface area contributed by atoms with Crippen molar-refractivity contribution in [2.45, 2.75) is 51.6 Å². The van der Waals surface area contributed by atoms with Crippen LogP contribution in [0.15, 0.2) is 30.6 Å². The van der Waals surface area contributed by atoms with Crippen molar-refractivity contribution < 1.29 is 13.9 Å². The number of amides is 1. The van der Waals surface area contributed by atoms with E-state index in [1.807, 2.05) is 6.92 Å². The molecular weight excluding hydrogens is 457 g/mol. The van der Waals surface area contributed by atoms with Gasteiger partial charge >= 0.3 is 6.09 Å². The minimum Gasteiger partial charge on any atom is -0.446 e.